The summed E-state index contributed by atoms with van der Waals surface area (Å²) in [5, 5.41) is 3.01. The average Bonchev–Trinajstić information content (AvgIpc) is 3.04. The number of ether oxygens (including phenoxy) is 1. The highest BCUT2D eigenvalue weighted by Gasteiger charge is 2.35. The van der Waals surface area contributed by atoms with Gasteiger partial charge in [0.25, 0.3) is 0 Å². The molecule has 1 atom stereocenters. The lowest BCUT2D eigenvalue weighted by Gasteiger charge is -2.18. The maximum absolute atomic E-state index is 12.7. The Bertz CT molecular complexity index is 816. The second-order valence-electron chi connectivity index (χ2n) is 6.84. The highest BCUT2D eigenvalue weighted by molar-refractivity contribution is 6.03. The molecular formula is C21H24N2O3. The summed E-state index contributed by atoms with van der Waals surface area (Å²) in [6, 6.07) is 15.1. The molecule has 5 heteroatoms. The number of anilines is 2. The molecule has 0 saturated carbocycles. The highest BCUT2D eigenvalue weighted by Crippen LogP contribution is 2.29. The van der Waals surface area contributed by atoms with Gasteiger partial charge in [0.1, 0.15) is 5.75 Å². The van der Waals surface area contributed by atoms with Gasteiger partial charge in [0.2, 0.25) is 11.8 Å². The van der Waals surface area contributed by atoms with Crippen LogP contribution in [0.5, 0.6) is 5.75 Å². The molecule has 1 fully saturated rings. The lowest BCUT2D eigenvalue weighted by molar-refractivity contribution is -0.122. The Balaban J connectivity index is 1.73. The van der Waals surface area contributed by atoms with E-state index < -0.39 is 0 Å². The maximum atomic E-state index is 12.7. The van der Waals surface area contributed by atoms with Gasteiger partial charge in [-0.1, -0.05) is 38.1 Å². The van der Waals surface area contributed by atoms with Crippen LogP contribution in [0.2, 0.25) is 0 Å². The second kappa shape index (κ2) is 7.60. The Morgan fingerprint density at radius 2 is 1.96 bits per heavy atom. The van der Waals surface area contributed by atoms with Crippen molar-refractivity contribution in [2.75, 3.05) is 23.9 Å². The predicted molar refractivity (Wildman–Crippen MR) is 103 cm³/mol. The van der Waals surface area contributed by atoms with E-state index in [2.05, 4.69) is 19.2 Å². The molecule has 0 bridgehead atoms. The first-order valence-electron chi connectivity index (χ1n) is 8.83. The van der Waals surface area contributed by atoms with Crippen molar-refractivity contribution in [1.82, 2.24) is 0 Å². The Kier molecular flexibility index (Phi) is 5.26. The van der Waals surface area contributed by atoms with Gasteiger partial charge >= 0.3 is 0 Å². The molecule has 5 nitrogen and oxygen atoms in total. The first-order valence-corrected chi connectivity index (χ1v) is 8.83. The molecule has 26 heavy (non-hydrogen) atoms. The number of hydrogen-bond donors (Lipinski definition) is 1. The monoisotopic (exact) mass is 352 g/mol. The number of amides is 2. The minimum absolute atomic E-state index is 0.0458. The standard InChI is InChI=1S/C21H24N2O3/c1-14(2)18-9-4-5-10-19(18)22-21(25)15-11-20(24)23(13-15)16-7-6-8-17(12-16)26-3/h4-10,12,14-15H,11,13H2,1-3H3,(H,22,25)/t15-/m1/s1. The van der Waals surface area contributed by atoms with Crippen LogP contribution in [0.3, 0.4) is 0 Å². The van der Waals surface area contributed by atoms with Crippen LogP contribution in [-0.4, -0.2) is 25.5 Å². The van der Waals surface area contributed by atoms with E-state index in [4.69, 9.17) is 4.74 Å². The quantitative estimate of drug-likeness (QED) is 0.890. The van der Waals surface area contributed by atoms with Crippen LogP contribution >= 0.6 is 0 Å². The third kappa shape index (κ3) is 3.72. The first kappa shape index (κ1) is 18.0. The van der Waals surface area contributed by atoms with Gasteiger partial charge in [-0.05, 0) is 29.7 Å². The third-order valence-electron chi connectivity index (χ3n) is 4.70. The molecule has 1 N–H and O–H groups in total. The zero-order valence-corrected chi connectivity index (χ0v) is 15.4. The van der Waals surface area contributed by atoms with Crippen molar-refractivity contribution in [3.8, 4) is 5.75 Å². The Hall–Kier alpha value is -2.82. The number of carbonyl (C=O) groups excluding carboxylic acids is 2. The fourth-order valence-electron chi connectivity index (χ4n) is 3.26. The maximum Gasteiger partial charge on any atom is 0.229 e. The fourth-order valence-corrected chi connectivity index (χ4v) is 3.26. The van der Waals surface area contributed by atoms with Crippen LogP contribution < -0.4 is 15.0 Å². The molecule has 0 aliphatic carbocycles. The molecule has 0 spiro atoms. The summed E-state index contributed by atoms with van der Waals surface area (Å²) >= 11 is 0. The predicted octanol–water partition coefficient (Wildman–Crippen LogP) is 3.81. The van der Waals surface area contributed by atoms with Crippen LogP contribution in [0.15, 0.2) is 48.5 Å². The lowest BCUT2D eigenvalue weighted by Crippen LogP contribution is -2.28. The van der Waals surface area contributed by atoms with Crippen molar-refractivity contribution in [3.63, 3.8) is 0 Å². The SMILES string of the molecule is COc1cccc(N2C[C@H](C(=O)Nc3ccccc3C(C)C)CC2=O)c1. The van der Waals surface area contributed by atoms with Crippen molar-refractivity contribution in [2.45, 2.75) is 26.2 Å². The van der Waals surface area contributed by atoms with Crippen LogP contribution in [-0.2, 0) is 9.59 Å². The number of carbonyl (C=O) groups is 2. The number of rotatable bonds is 5. The molecule has 136 valence electrons. The summed E-state index contributed by atoms with van der Waals surface area (Å²) in [4.78, 5) is 26.8. The summed E-state index contributed by atoms with van der Waals surface area (Å²) in [7, 11) is 1.59. The van der Waals surface area contributed by atoms with Crippen LogP contribution in [0.1, 0.15) is 31.7 Å². The topological polar surface area (TPSA) is 58.6 Å². The van der Waals surface area contributed by atoms with Crippen molar-refractivity contribution in [2.24, 2.45) is 5.92 Å². The van der Waals surface area contributed by atoms with Gasteiger partial charge in [-0.2, -0.15) is 0 Å². The van der Waals surface area contributed by atoms with Crippen LogP contribution in [0.25, 0.3) is 0 Å². The number of hydrogen-bond acceptors (Lipinski definition) is 3. The van der Waals surface area contributed by atoms with E-state index in [0.29, 0.717) is 18.2 Å². The molecule has 0 radical (unpaired) electrons. The molecule has 1 heterocycles. The van der Waals surface area contributed by atoms with Gasteiger partial charge in [-0.25, -0.2) is 0 Å². The summed E-state index contributed by atoms with van der Waals surface area (Å²) in [5.74, 6) is 0.473. The fraction of sp³-hybridized carbons (Fsp3) is 0.333. The number of nitrogens with one attached hydrogen (secondary N) is 1. The van der Waals surface area contributed by atoms with E-state index in [1.54, 1.807) is 12.0 Å². The molecule has 2 aromatic carbocycles. The minimum Gasteiger partial charge on any atom is -0.497 e. The van der Waals surface area contributed by atoms with Crippen molar-refractivity contribution in [3.05, 3.63) is 54.1 Å². The van der Waals surface area contributed by atoms with Gasteiger partial charge < -0.3 is 15.0 Å². The van der Waals surface area contributed by atoms with Gasteiger partial charge in [-0.3, -0.25) is 9.59 Å². The Labute approximate surface area is 154 Å². The number of benzene rings is 2. The van der Waals surface area contributed by atoms with Crippen LogP contribution in [0, 0.1) is 5.92 Å². The largest absolute Gasteiger partial charge is 0.497 e. The lowest BCUT2D eigenvalue weighted by atomic mass is 10.0. The molecule has 2 amide bonds. The van der Waals surface area contributed by atoms with E-state index in [0.717, 1.165) is 16.9 Å². The molecule has 2 aromatic rings. The summed E-state index contributed by atoms with van der Waals surface area (Å²) in [6.07, 6.45) is 0.215. The zero-order valence-electron chi connectivity index (χ0n) is 15.4. The van der Waals surface area contributed by atoms with Crippen molar-refractivity contribution < 1.29 is 14.3 Å². The molecule has 0 unspecified atom stereocenters. The van der Waals surface area contributed by atoms with E-state index >= 15 is 0 Å². The van der Waals surface area contributed by atoms with Crippen LogP contribution in [0.4, 0.5) is 11.4 Å². The van der Waals surface area contributed by atoms with E-state index in [1.807, 2.05) is 48.5 Å². The second-order valence-corrected chi connectivity index (χ2v) is 6.84. The normalized spacial score (nSPS) is 16.8. The van der Waals surface area contributed by atoms with E-state index in [9.17, 15) is 9.59 Å². The van der Waals surface area contributed by atoms with E-state index in [1.165, 1.54) is 0 Å². The van der Waals surface area contributed by atoms with Gasteiger partial charge in [0.05, 0.1) is 13.0 Å². The molecule has 0 aromatic heterocycles. The first-order chi connectivity index (χ1) is 12.5. The minimum atomic E-state index is -0.367. The zero-order chi connectivity index (χ0) is 18.7. The molecule has 3 rings (SSSR count). The van der Waals surface area contributed by atoms with Gasteiger partial charge in [0, 0.05) is 30.4 Å². The highest BCUT2D eigenvalue weighted by atomic mass is 16.5. The van der Waals surface area contributed by atoms with Crippen molar-refractivity contribution in [1.29, 1.82) is 0 Å². The number of para-hydroxylation sites is 1. The Morgan fingerprint density at radius 3 is 2.69 bits per heavy atom. The molecular weight excluding hydrogens is 328 g/mol. The van der Waals surface area contributed by atoms with Gasteiger partial charge in [-0.15, -0.1) is 0 Å². The van der Waals surface area contributed by atoms with Gasteiger partial charge in [0.15, 0.2) is 0 Å². The smallest absolute Gasteiger partial charge is 0.229 e. The van der Waals surface area contributed by atoms with Crippen molar-refractivity contribution >= 4 is 23.2 Å². The molecule has 1 saturated heterocycles. The number of methoxy groups -OCH3 is 1. The summed E-state index contributed by atoms with van der Waals surface area (Å²) < 4.78 is 5.22. The summed E-state index contributed by atoms with van der Waals surface area (Å²) in [5.41, 5.74) is 2.67. The molecule has 1 aliphatic rings. The Morgan fingerprint density at radius 1 is 1.19 bits per heavy atom. The third-order valence-corrected chi connectivity index (χ3v) is 4.70. The van der Waals surface area contributed by atoms with E-state index in [-0.39, 0.29) is 24.2 Å². The molecule has 1 aliphatic heterocycles. The average molecular weight is 352 g/mol. The summed E-state index contributed by atoms with van der Waals surface area (Å²) in [6.45, 7) is 4.56. The number of nitrogens with zero attached hydrogens (tertiary/aromatic N) is 1.